The number of aryl methyl sites for hydroxylation is 2. The van der Waals surface area contributed by atoms with Crippen LogP contribution in [0.2, 0.25) is 0 Å². The molecule has 0 radical (unpaired) electrons. The summed E-state index contributed by atoms with van der Waals surface area (Å²) in [4.78, 5) is 2.58. The lowest BCUT2D eigenvalue weighted by molar-refractivity contribution is 1.42. The Hall–Kier alpha value is -1.76. The van der Waals surface area contributed by atoms with Crippen LogP contribution in [0.3, 0.4) is 0 Å². The van der Waals surface area contributed by atoms with E-state index in [0.717, 1.165) is 0 Å². The molecular formula is C14H13N. The largest absolute Gasteiger partial charge is 0.354 e. The number of hydrogen-bond donors (Lipinski definition) is 1. The fourth-order valence-electron chi connectivity index (χ4n) is 1.56. The van der Waals surface area contributed by atoms with Gasteiger partial charge in [0.25, 0.3) is 0 Å². The van der Waals surface area contributed by atoms with Gasteiger partial charge in [0.05, 0.1) is 8.22 Å². The molecule has 74 valence electrons. The van der Waals surface area contributed by atoms with Crippen molar-refractivity contribution in [3.63, 3.8) is 0 Å². The Kier molecular flexibility index (Phi) is 0.510. The Morgan fingerprint density at radius 3 is 1.93 bits per heavy atom. The molecule has 0 aliphatic carbocycles. The second kappa shape index (κ2) is 2.86. The molecule has 0 saturated carbocycles. The topological polar surface area (TPSA) is 15.8 Å². The van der Waals surface area contributed by atoms with Crippen LogP contribution in [0.5, 0.6) is 0 Å². The third kappa shape index (κ3) is 1.09. The summed E-state index contributed by atoms with van der Waals surface area (Å²) in [6.07, 6.45) is 0. The smallest absolute Gasteiger partial charge is 0.0630 e. The minimum atomic E-state index is -2.84. The normalized spacial score (nSPS) is 24.5. The number of aromatic nitrogens is 1. The van der Waals surface area contributed by atoms with Crippen LogP contribution in [0, 0.1) is 13.7 Å². The molecule has 1 heterocycles. The van der Waals surface area contributed by atoms with Gasteiger partial charge in [-0.15, -0.1) is 0 Å². The molecule has 0 spiro atoms. The van der Waals surface area contributed by atoms with Crippen molar-refractivity contribution in [3.05, 3.63) is 47.4 Å². The summed E-state index contributed by atoms with van der Waals surface area (Å²) in [5.74, 6) is 0. The first kappa shape index (κ1) is 2.67. The predicted octanol–water partition coefficient (Wildman–Crippen LogP) is 3.94. The van der Waals surface area contributed by atoms with E-state index in [2.05, 4.69) is 4.98 Å². The van der Waals surface area contributed by atoms with E-state index in [9.17, 15) is 0 Å². The third-order valence-corrected chi connectivity index (χ3v) is 2.25. The van der Waals surface area contributed by atoms with Crippen LogP contribution in [-0.4, -0.2) is 4.98 Å². The quantitative estimate of drug-likeness (QED) is 0.574. The predicted molar refractivity (Wildman–Crippen MR) is 65.3 cm³/mol. The van der Waals surface area contributed by atoms with Crippen molar-refractivity contribution in [3.8, 4) is 0 Å². The average Bonchev–Trinajstić information content (AvgIpc) is 2.87. The van der Waals surface area contributed by atoms with Gasteiger partial charge in [0.2, 0.25) is 0 Å². The maximum atomic E-state index is 8.13. The van der Waals surface area contributed by atoms with Crippen LogP contribution in [0.15, 0.2) is 36.3 Å². The summed E-state index contributed by atoms with van der Waals surface area (Å²) < 4.78 is 94.0. The van der Waals surface area contributed by atoms with Gasteiger partial charge in [0.1, 0.15) is 0 Å². The van der Waals surface area contributed by atoms with Crippen molar-refractivity contribution in [1.29, 1.82) is 0 Å². The molecule has 3 rings (SSSR count). The Morgan fingerprint density at radius 1 is 0.933 bits per heavy atom. The first-order valence-electron chi connectivity index (χ1n) is 10.2. The number of rotatable bonds is 0. The summed E-state index contributed by atoms with van der Waals surface area (Å²) in [5, 5.41) is -0.415. The molecule has 0 fully saturated rings. The SMILES string of the molecule is [2H]c1c([2H])c([2H])c2c([nH]c3c(C([2H])([2H])[2H])c([2H])c([2H])c([2H])c32)c1C([2H])([2H])[2H]. The Labute approximate surface area is 106 Å². The summed E-state index contributed by atoms with van der Waals surface area (Å²) in [6, 6.07) is -3.83. The van der Waals surface area contributed by atoms with Gasteiger partial charge in [-0.05, 0) is 24.8 Å². The van der Waals surface area contributed by atoms with Crippen molar-refractivity contribution >= 4 is 21.8 Å². The first-order valence-corrected chi connectivity index (χ1v) is 4.25. The van der Waals surface area contributed by atoms with Gasteiger partial charge >= 0.3 is 0 Å². The summed E-state index contributed by atoms with van der Waals surface area (Å²) in [7, 11) is 0. The van der Waals surface area contributed by atoms with Crippen molar-refractivity contribution in [2.45, 2.75) is 13.7 Å². The zero-order chi connectivity index (χ0) is 20.6. The molecule has 1 N–H and O–H groups in total. The fraction of sp³-hybridized carbons (Fsp3) is 0.143. The van der Waals surface area contributed by atoms with E-state index in [4.69, 9.17) is 16.4 Å². The van der Waals surface area contributed by atoms with Gasteiger partial charge in [-0.3, -0.25) is 0 Å². The van der Waals surface area contributed by atoms with E-state index in [-0.39, 0.29) is 21.8 Å². The van der Waals surface area contributed by atoms with Crippen LogP contribution in [-0.2, 0) is 0 Å². The van der Waals surface area contributed by atoms with Gasteiger partial charge in [-0.1, -0.05) is 36.3 Å². The second-order valence-corrected chi connectivity index (χ2v) is 3.12. The highest BCUT2D eigenvalue weighted by atomic mass is 14.7. The highest BCUT2D eigenvalue weighted by Crippen LogP contribution is 2.28. The van der Waals surface area contributed by atoms with Gasteiger partial charge in [-0.25, -0.2) is 0 Å². The molecular weight excluding hydrogens is 182 g/mol. The van der Waals surface area contributed by atoms with Crippen LogP contribution < -0.4 is 0 Å². The van der Waals surface area contributed by atoms with E-state index < -0.39 is 61.1 Å². The molecule has 0 unspecified atom stereocenters. The van der Waals surface area contributed by atoms with Crippen LogP contribution in [0.25, 0.3) is 21.8 Å². The van der Waals surface area contributed by atoms with Crippen LogP contribution in [0.1, 0.15) is 27.6 Å². The van der Waals surface area contributed by atoms with Gasteiger partial charge in [-0.2, -0.15) is 0 Å². The van der Waals surface area contributed by atoms with E-state index in [0.29, 0.717) is 0 Å². The van der Waals surface area contributed by atoms with E-state index >= 15 is 0 Å². The minimum Gasteiger partial charge on any atom is -0.354 e. The molecule has 0 atom stereocenters. The molecule has 0 aliphatic heterocycles. The standard InChI is InChI=1S/C14H13N/c1-9-5-3-7-11-12-8-4-6-10(2)14(12)15-13(9)11/h3-8,15H,1-2H3/i1D3,2D3,3D,4D,5D,6D,7D,8D. The number of nitrogens with one attached hydrogen (secondary N) is 1. The maximum Gasteiger partial charge on any atom is 0.0630 e. The van der Waals surface area contributed by atoms with E-state index in [1.165, 1.54) is 0 Å². The van der Waals surface area contributed by atoms with Crippen molar-refractivity contribution in [1.82, 2.24) is 4.98 Å². The summed E-state index contributed by atoms with van der Waals surface area (Å²) >= 11 is 0. The molecule has 1 nitrogen and oxygen atoms in total. The Morgan fingerprint density at radius 2 is 1.47 bits per heavy atom. The first-order chi connectivity index (χ1) is 12.2. The number of para-hydroxylation sites is 2. The molecule has 2 aromatic carbocycles. The molecule has 0 bridgehead atoms. The van der Waals surface area contributed by atoms with E-state index in [1.54, 1.807) is 0 Å². The van der Waals surface area contributed by atoms with Gasteiger partial charge in [0.15, 0.2) is 0 Å². The average molecular weight is 207 g/mol. The zero-order valence-electron chi connectivity index (χ0n) is 19.5. The third-order valence-electron chi connectivity index (χ3n) is 2.25. The minimum absolute atomic E-state index is 0.207. The highest BCUT2D eigenvalue weighted by molar-refractivity contribution is 6.09. The van der Waals surface area contributed by atoms with Crippen molar-refractivity contribution < 1.29 is 16.4 Å². The molecule has 1 aromatic heterocycles. The lowest BCUT2D eigenvalue weighted by Crippen LogP contribution is -1.74. The fourth-order valence-corrected chi connectivity index (χ4v) is 1.56. The summed E-state index contributed by atoms with van der Waals surface area (Å²) in [5.41, 5.74) is -1.63. The van der Waals surface area contributed by atoms with Crippen molar-refractivity contribution in [2.24, 2.45) is 0 Å². The second-order valence-electron chi connectivity index (χ2n) is 3.12. The van der Waals surface area contributed by atoms with E-state index in [1.807, 2.05) is 0 Å². The number of benzene rings is 2. The molecule has 3 aromatic rings. The monoisotopic (exact) mass is 207 g/mol. The highest BCUT2D eigenvalue weighted by Gasteiger charge is 2.06. The molecule has 15 heavy (non-hydrogen) atoms. The Balaban J connectivity index is 2.76. The zero-order valence-corrected chi connectivity index (χ0v) is 7.50. The summed E-state index contributed by atoms with van der Waals surface area (Å²) in [6.45, 7) is -5.68. The number of fused-ring (bicyclic) bond motifs is 3. The maximum absolute atomic E-state index is 8.13. The molecule has 0 saturated heterocycles. The van der Waals surface area contributed by atoms with Gasteiger partial charge < -0.3 is 4.98 Å². The number of hydrogen-bond acceptors (Lipinski definition) is 0. The van der Waals surface area contributed by atoms with Crippen LogP contribution in [0.4, 0.5) is 0 Å². The van der Waals surface area contributed by atoms with Crippen LogP contribution >= 0.6 is 0 Å². The number of H-pyrrole nitrogens is 1. The number of aromatic amines is 1. The molecule has 0 aliphatic rings. The van der Waals surface area contributed by atoms with Gasteiger partial charge in [0, 0.05) is 30.0 Å². The molecule has 0 amide bonds. The Bertz CT molecular complexity index is 1020. The lowest BCUT2D eigenvalue weighted by atomic mass is 10.1. The van der Waals surface area contributed by atoms with Crippen molar-refractivity contribution in [2.75, 3.05) is 0 Å². The molecule has 1 heteroatoms. The lowest BCUT2D eigenvalue weighted by Gasteiger charge is -1.94.